The van der Waals surface area contributed by atoms with Gasteiger partial charge in [-0.3, -0.25) is 0 Å². The summed E-state index contributed by atoms with van der Waals surface area (Å²) < 4.78 is 1.06. The number of nitrogens with zero attached hydrogens (tertiary/aromatic N) is 1. The lowest BCUT2D eigenvalue weighted by atomic mass is 9.94. The molecule has 1 N–H and O–H groups in total. The van der Waals surface area contributed by atoms with Crippen LogP contribution in [-0.4, -0.2) is 16.7 Å². The average Bonchev–Trinajstić information content (AvgIpc) is 2.76. The molecule has 0 spiro atoms. The molecule has 0 aliphatic heterocycles. The van der Waals surface area contributed by atoms with E-state index in [0.717, 1.165) is 23.0 Å². The van der Waals surface area contributed by atoms with Crippen LogP contribution < -0.4 is 0 Å². The third kappa shape index (κ3) is 3.40. The zero-order chi connectivity index (χ0) is 13.0. The van der Waals surface area contributed by atoms with Crippen molar-refractivity contribution in [2.24, 2.45) is 0 Å². The Morgan fingerprint density at radius 3 is 2.89 bits per heavy atom. The predicted molar refractivity (Wildman–Crippen MR) is 79.1 cm³/mol. The SMILES string of the molecule is Cc1ncsc1CCC(CO)c1cccc(Br)c1. The van der Waals surface area contributed by atoms with E-state index in [4.69, 9.17) is 0 Å². The van der Waals surface area contributed by atoms with E-state index in [1.165, 1.54) is 10.4 Å². The number of hydrogen-bond acceptors (Lipinski definition) is 3. The van der Waals surface area contributed by atoms with Crippen LogP contribution in [0.15, 0.2) is 34.2 Å². The Morgan fingerprint density at radius 1 is 1.44 bits per heavy atom. The molecule has 0 radical (unpaired) electrons. The Labute approximate surface area is 120 Å². The molecule has 2 aromatic rings. The standard InChI is InChI=1S/C14H16BrNOS/c1-10-14(18-9-16-10)6-5-12(8-17)11-3-2-4-13(15)7-11/h2-4,7,9,12,17H,5-6,8H2,1H3. The van der Waals surface area contributed by atoms with E-state index < -0.39 is 0 Å². The van der Waals surface area contributed by atoms with Gasteiger partial charge in [-0.15, -0.1) is 11.3 Å². The molecule has 0 amide bonds. The van der Waals surface area contributed by atoms with Crippen molar-refractivity contribution in [3.8, 4) is 0 Å². The zero-order valence-corrected chi connectivity index (χ0v) is 12.7. The van der Waals surface area contributed by atoms with Crippen LogP contribution in [0.5, 0.6) is 0 Å². The molecule has 0 aliphatic rings. The van der Waals surface area contributed by atoms with E-state index in [9.17, 15) is 5.11 Å². The number of rotatable bonds is 5. The first-order valence-corrected chi connectivity index (χ1v) is 7.63. The molecule has 1 atom stereocenters. The van der Waals surface area contributed by atoms with Crippen LogP contribution >= 0.6 is 27.3 Å². The van der Waals surface area contributed by atoms with E-state index in [0.29, 0.717) is 0 Å². The number of aliphatic hydroxyl groups is 1. The van der Waals surface area contributed by atoms with Crippen molar-refractivity contribution in [1.29, 1.82) is 0 Å². The van der Waals surface area contributed by atoms with Gasteiger partial charge in [0.05, 0.1) is 11.2 Å². The summed E-state index contributed by atoms with van der Waals surface area (Å²) in [5, 5.41) is 9.54. The molecule has 1 aromatic carbocycles. The lowest BCUT2D eigenvalue weighted by Crippen LogP contribution is -2.05. The Hall–Kier alpha value is -0.710. The molecule has 4 heteroatoms. The largest absolute Gasteiger partial charge is 0.396 e. The van der Waals surface area contributed by atoms with Gasteiger partial charge in [0.2, 0.25) is 0 Å². The third-order valence-electron chi connectivity index (χ3n) is 3.11. The second kappa shape index (κ2) is 6.45. The number of benzene rings is 1. The zero-order valence-electron chi connectivity index (χ0n) is 10.3. The number of aryl methyl sites for hydroxylation is 2. The van der Waals surface area contributed by atoms with Gasteiger partial charge in [0.15, 0.2) is 0 Å². The molecule has 0 saturated carbocycles. The molecular weight excluding hydrogens is 310 g/mol. The molecule has 18 heavy (non-hydrogen) atoms. The van der Waals surface area contributed by atoms with E-state index in [1.54, 1.807) is 11.3 Å². The van der Waals surface area contributed by atoms with Crippen molar-refractivity contribution < 1.29 is 5.11 Å². The van der Waals surface area contributed by atoms with Gasteiger partial charge in [0.25, 0.3) is 0 Å². The molecule has 1 aromatic heterocycles. The maximum Gasteiger partial charge on any atom is 0.0797 e. The van der Waals surface area contributed by atoms with Gasteiger partial charge in [0, 0.05) is 21.9 Å². The maximum absolute atomic E-state index is 9.54. The van der Waals surface area contributed by atoms with Crippen molar-refractivity contribution in [2.45, 2.75) is 25.7 Å². The van der Waals surface area contributed by atoms with E-state index >= 15 is 0 Å². The summed E-state index contributed by atoms with van der Waals surface area (Å²) in [6, 6.07) is 8.18. The van der Waals surface area contributed by atoms with Crippen LogP contribution in [-0.2, 0) is 6.42 Å². The lowest BCUT2D eigenvalue weighted by Gasteiger charge is -2.14. The van der Waals surface area contributed by atoms with Gasteiger partial charge in [-0.05, 0) is 37.5 Å². The average molecular weight is 326 g/mol. The maximum atomic E-state index is 9.54. The highest BCUT2D eigenvalue weighted by molar-refractivity contribution is 9.10. The van der Waals surface area contributed by atoms with Crippen LogP contribution in [0.2, 0.25) is 0 Å². The van der Waals surface area contributed by atoms with Crippen LogP contribution in [0.1, 0.15) is 28.5 Å². The Kier molecular flexibility index (Phi) is 4.92. The molecule has 0 saturated heterocycles. The van der Waals surface area contributed by atoms with E-state index in [2.05, 4.69) is 33.0 Å². The fourth-order valence-electron chi connectivity index (χ4n) is 2.00. The normalized spacial score (nSPS) is 12.6. The minimum absolute atomic E-state index is 0.189. The third-order valence-corrected chi connectivity index (χ3v) is 4.59. The summed E-state index contributed by atoms with van der Waals surface area (Å²) in [6.45, 7) is 2.23. The summed E-state index contributed by atoms with van der Waals surface area (Å²) in [6.07, 6.45) is 1.93. The molecule has 2 nitrogen and oxygen atoms in total. The van der Waals surface area contributed by atoms with Crippen molar-refractivity contribution in [1.82, 2.24) is 4.98 Å². The first-order valence-electron chi connectivity index (χ1n) is 5.96. The first kappa shape index (κ1) is 13.7. The van der Waals surface area contributed by atoms with Gasteiger partial charge < -0.3 is 5.11 Å². The highest BCUT2D eigenvalue weighted by Crippen LogP contribution is 2.25. The first-order chi connectivity index (χ1) is 8.70. The summed E-state index contributed by atoms with van der Waals surface area (Å²) in [5.41, 5.74) is 4.19. The highest BCUT2D eigenvalue weighted by Gasteiger charge is 2.12. The van der Waals surface area contributed by atoms with Gasteiger partial charge in [0.1, 0.15) is 0 Å². The summed E-state index contributed by atoms with van der Waals surface area (Å²) in [4.78, 5) is 5.58. The summed E-state index contributed by atoms with van der Waals surface area (Å²) >= 11 is 5.17. The number of aliphatic hydroxyl groups excluding tert-OH is 1. The smallest absolute Gasteiger partial charge is 0.0797 e. The minimum atomic E-state index is 0.189. The van der Waals surface area contributed by atoms with Crippen LogP contribution in [0.3, 0.4) is 0 Å². The fraction of sp³-hybridized carbons (Fsp3) is 0.357. The summed E-state index contributed by atoms with van der Waals surface area (Å²) in [7, 11) is 0. The molecule has 1 unspecified atom stereocenters. The number of thiazole rings is 1. The van der Waals surface area contributed by atoms with Crippen molar-refractivity contribution in [3.05, 3.63) is 50.4 Å². The molecule has 0 fully saturated rings. The van der Waals surface area contributed by atoms with Crippen LogP contribution in [0, 0.1) is 6.92 Å². The Bertz CT molecular complexity index is 512. The Balaban J connectivity index is 2.04. The summed E-state index contributed by atoms with van der Waals surface area (Å²) in [5.74, 6) is 0.198. The lowest BCUT2D eigenvalue weighted by molar-refractivity contribution is 0.259. The van der Waals surface area contributed by atoms with Gasteiger partial charge in [-0.2, -0.15) is 0 Å². The fourth-order valence-corrected chi connectivity index (χ4v) is 3.21. The molecule has 1 heterocycles. The number of halogens is 1. The van der Waals surface area contributed by atoms with Gasteiger partial charge in [-0.25, -0.2) is 4.98 Å². The minimum Gasteiger partial charge on any atom is -0.396 e. The topological polar surface area (TPSA) is 33.1 Å². The van der Waals surface area contributed by atoms with Crippen molar-refractivity contribution in [3.63, 3.8) is 0 Å². The van der Waals surface area contributed by atoms with Crippen molar-refractivity contribution in [2.75, 3.05) is 6.61 Å². The Morgan fingerprint density at radius 2 is 2.28 bits per heavy atom. The molecule has 0 aliphatic carbocycles. The molecule has 0 bridgehead atoms. The van der Waals surface area contributed by atoms with Crippen LogP contribution in [0.4, 0.5) is 0 Å². The number of aromatic nitrogens is 1. The predicted octanol–water partition coefficient (Wildman–Crippen LogP) is 3.92. The van der Waals surface area contributed by atoms with E-state index in [1.807, 2.05) is 24.6 Å². The van der Waals surface area contributed by atoms with Crippen LogP contribution in [0.25, 0.3) is 0 Å². The van der Waals surface area contributed by atoms with E-state index in [-0.39, 0.29) is 12.5 Å². The quantitative estimate of drug-likeness (QED) is 0.903. The molecular formula is C14H16BrNOS. The molecule has 2 rings (SSSR count). The monoisotopic (exact) mass is 325 g/mol. The second-order valence-electron chi connectivity index (χ2n) is 4.33. The molecule has 96 valence electrons. The van der Waals surface area contributed by atoms with Gasteiger partial charge in [-0.1, -0.05) is 28.1 Å². The second-order valence-corrected chi connectivity index (χ2v) is 6.19. The highest BCUT2D eigenvalue weighted by atomic mass is 79.9. The van der Waals surface area contributed by atoms with Gasteiger partial charge >= 0.3 is 0 Å². The van der Waals surface area contributed by atoms with Crippen molar-refractivity contribution >= 4 is 27.3 Å². The number of hydrogen-bond donors (Lipinski definition) is 1.